The molecule has 1 aliphatic carbocycles. The van der Waals surface area contributed by atoms with Crippen LogP contribution in [0.5, 0.6) is 0 Å². The first-order chi connectivity index (χ1) is 65.6. The fourth-order valence-corrected chi connectivity index (χ4v) is 19.5. The molecule has 1 aliphatic rings. The molecule has 0 amide bonds. The highest BCUT2D eigenvalue weighted by molar-refractivity contribution is 5.85. The summed E-state index contributed by atoms with van der Waals surface area (Å²) in [4.78, 5) is 48.7. The van der Waals surface area contributed by atoms with Crippen LogP contribution in [0.2, 0.25) is 0 Å². The van der Waals surface area contributed by atoms with Gasteiger partial charge in [-0.25, -0.2) is 57.7 Å². The summed E-state index contributed by atoms with van der Waals surface area (Å²) in [5.41, 5.74) is 35.8. The number of aromatic nitrogens is 20. The first kappa shape index (κ1) is 92.8. The minimum absolute atomic E-state index is 0.276. The Kier molecular flexibility index (Phi) is 26.8. The summed E-state index contributed by atoms with van der Waals surface area (Å²) in [5, 5.41) is 0. The van der Waals surface area contributed by atoms with Gasteiger partial charge in [0.25, 0.3) is 29.1 Å². The van der Waals surface area contributed by atoms with E-state index in [-0.39, 0.29) is 11.8 Å². The lowest BCUT2D eigenvalue weighted by atomic mass is 9.86. The van der Waals surface area contributed by atoms with Crippen molar-refractivity contribution in [3.05, 3.63) is 357 Å². The molecule has 1 fully saturated rings. The molecule has 0 saturated heterocycles. The van der Waals surface area contributed by atoms with Crippen molar-refractivity contribution in [1.82, 2.24) is 72.7 Å². The Morgan fingerprint density at radius 2 is 0.529 bits per heavy atom. The fourth-order valence-electron chi connectivity index (χ4n) is 19.5. The van der Waals surface area contributed by atoms with Crippen LogP contribution in [0, 0.1) is 96.9 Å². The molecular formula is C116H125N20+5. The van der Waals surface area contributed by atoms with Crippen LogP contribution < -0.4 is 22.8 Å². The van der Waals surface area contributed by atoms with Crippen molar-refractivity contribution in [2.24, 2.45) is 35.2 Å². The molecule has 0 spiro atoms. The predicted octanol–water partition coefficient (Wildman–Crippen LogP) is 23.2. The van der Waals surface area contributed by atoms with Crippen LogP contribution in [-0.4, -0.2) is 72.7 Å². The van der Waals surface area contributed by atoms with Gasteiger partial charge in [-0.05, 0) is 229 Å². The predicted molar refractivity (Wildman–Crippen MR) is 548 cm³/mol. The molecule has 1 saturated carbocycles. The molecule has 20 nitrogen and oxygen atoms in total. The third-order valence-corrected chi connectivity index (χ3v) is 27.0. The first-order valence-corrected chi connectivity index (χ1v) is 47.5. The van der Waals surface area contributed by atoms with Crippen molar-refractivity contribution in [2.45, 2.75) is 174 Å². The van der Waals surface area contributed by atoms with E-state index in [0.29, 0.717) is 5.92 Å². The topological polar surface area (TPSA) is 173 Å². The molecular weight excluding hydrogens is 1670 g/mol. The van der Waals surface area contributed by atoms with Gasteiger partial charge in [-0.1, -0.05) is 199 Å². The number of aryl methyl sites for hydroxylation is 19. The number of hydrogen-bond acceptors (Lipinski definition) is 10. The molecule has 0 unspecified atom stereocenters. The molecule has 20 heteroatoms. The normalized spacial score (nSPS) is 12.2. The lowest BCUT2D eigenvalue weighted by molar-refractivity contribution is -0.634. The summed E-state index contributed by atoms with van der Waals surface area (Å²) < 4.78 is 22.7. The Labute approximate surface area is 798 Å². The fraction of sp³-hybridized carbons (Fsp3) is 0.267. The van der Waals surface area contributed by atoms with Gasteiger partial charge in [-0.15, -0.1) is 0 Å². The van der Waals surface area contributed by atoms with Crippen LogP contribution in [0.15, 0.2) is 261 Å². The van der Waals surface area contributed by atoms with Crippen LogP contribution in [0.3, 0.4) is 0 Å². The highest BCUT2D eigenvalue weighted by Crippen LogP contribution is 2.41. The Morgan fingerprint density at radius 3 is 0.890 bits per heavy atom. The Balaban J connectivity index is 0.000000118. The zero-order chi connectivity index (χ0) is 95.8. The van der Waals surface area contributed by atoms with Gasteiger partial charge >= 0.3 is 0 Å². The maximum absolute atomic E-state index is 5.18. The number of imidazole rings is 5. The third-order valence-electron chi connectivity index (χ3n) is 27.0. The summed E-state index contributed by atoms with van der Waals surface area (Å²) in [6.07, 6.45) is 11.7. The number of para-hydroxylation sites is 10. The highest BCUT2D eigenvalue weighted by atomic mass is 15.3. The Hall–Kier alpha value is -15.1. The van der Waals surface area contributed by atoms with Crippen molar-refractivity contribution in [3.8, 4) is 86.0 Å². The third kappa shape index (κ3) is 17.6. The highest BCUT2D eigenvalue weighted by Gasteiger charge is 2.38. The largest absolute Gasteiger partial charge is 0.296 e. The van der Waals surface area contributed by atoms with Gasteiger partial charge in [0.15, 0.2) is 55.2 Å². The molecule has 0 bridgehead atoms. The summed E-state index contributed by atoms with van der Waals surface area (Å²) in [6.45, 7) is 37.8. The average molecular weight is 1800 g/mol. The van der Waals surface area contributed by atoms with E-state index in [9.17, 15) is 0 Å². The van der Waals surface area contributed by atoms with Gasteiger partial charge in [0, 0.05) is 30.1 Å². The molecule has 0 radical (unpaired) electrons. The second kappa shape index (κ2) is 39.2. The van der Waals surface area contributed by atoms with Crippen LogP contribution in [0.4, 0.5) is 0 Å². The maximum Gasteiger partial charge on any atom is 0.296 e. The van der Waals surface area contributed by atoms with E-state index in [4.69, 9.17) is 39.9 Å². The van der Waals surface area contributed by atoms with Gasteiger partial charge in [-0.2, -0.15) is 22.8 Å². The van der Waals surface area contributed by atoms with E-state index in [2.05, 4.69) is 410 Å². The zero-order valence-corrected chi connectivity index (χ0v) is 83.0. The maximum atomic E-state index is 5.18. The number of nitrogens with zero attached hydrogens (tertiary/aromatic N) is 20. The molecule has 10 aromatic carbocycles. The van der Waals surface area contributed by atoms with E-state index in [1.54, 1.807) is 12.4 Å². The van der Waals surface area contributed by atoms with Crippen LogP contribution in [0.1, 0.15) is 174 Å². The SMILES string of the molecule is Cc1ccccc1-c1n(-c2nc(C)c(C)nc2C(C)C)c2ccccc2[n+]1C.Cc1ccccc1-c1n(-c2nc(C)c(C)nc2C)c2ccccc2[n+]1C.Cc1ccccc1-c1n(-c2nc(C)c(C)nc2C2CCCCC2)c2ccccc2[n+]1C.Cc1ccccc1-c1n(-c2nccnc2C(C)C)c2ccccc2[n+]1C.Cc1cnc(-n2c(-c3ccccc3C)[n+](C)c3ccccc32)c(C)n1. The van der Waals surface area contributed by atoms with Crippen molar-refractivity contribution in [1.29, 1.82) is 0 Å². The summed E-state index contributed by atoms with van der Waals surface area (Å²) in [7, 11) is 10.6. The standard InChI is InChI=1S/C27H31N4.C24H27N4.2C22H23N4.C21H21N4/c1-18-12-8-9-15-22(18)27-30(4)23-16-10-11-17-24(23)31(27)26-25(21-13-6-5-7-14-21)28-19(2)20(3)29-26;1-15(2)22-23(26-18(5)17(4)25-22)28-21-14-10-9-13-20(21)27(6)24(28)19-12-8-7-11-16(19)3;1-14-10-6-7-11-18(14)22-25(5)19-12-8-9-13-20(19)26(22)21-17(4)23-15(2)16(3)24-21;1-15(2)20-21(24-14-13-23-20)26-19-12-8-7-11-18(19)25(4)22(26)17-10-6-5-9-16(17)3;1-14-9-5-6-10-17(14)21-24(4)18-11-7-8-12-19(18)25(21)20-16(3)23-15(2)13-22-20/h8-12,15-17,21H,5-7,13-14H2,1-4H3;7-15H,1-6H3;6-13H,1-5H3;5-15H,1-4H3;5-13H,1-4H3/q5*+1. The zero-order valence-electron chi connectivity index (χ0n) is 83.0. The monoisotopic (exact) mass is 1800 g/mol. The summed E-state index contributed by atoms with van der Waals surface area (Å²) in [6, 6.07) is 85.0. The Morgan fingerprint density at radius 1 is 0.250 bits per heavy atom. The second-order valence-corrected chi connectivity index (χ2v) is 36.9. The molecule has 0 atom stereocenters. The smallest absolute Gasteiger partial charge is 0.253 e. The van der Waals surface area contributed by atoms with E-state index in [0.717, 1.165) is 143 Å². The van der Waals surface area contributed by atoms with Gasteiger partial charge < -0.3 is 0 Å². The molecule has 684 valence electrons. The molecule has 0 aliphatic heterocycles. The van der Waals surface area contributed by atoms with E-state index in [1.165, 1.54) is 127 Å². The molecule has 10 aromatic heterocycles. The van der Waals surface area contributed by atoms with Crippen molar-refractivity contribution in [2.75, 3.05) is 0 Å². The van der Waals surface area contributed by atoms with Crippen molar-refractivity contribution < 1.29 is 22.8 Å². The van der Waals surface area contributed by atoms with E-state index < -0.39 is 0 Å². The van der Waals surface area contributed by atoms with Gasteiger partial charge in [0.1, 0.15) is 28.5 Å². The summed E-state index contributed by atoms with van der Waals surface area (Å²) in [5.74, 6) is 11.3. The molecule has 20 aromatic rings. The summed E-state index contributed by atoms with van der Waals surface area (Å²) >= 11 is 0. The number of rotatable bonds is 13. The number of fused-ring (bicyclic) bond motifs is 5. The quantitative estimate of drug-likeness (QED) is 0.101. The molecule has 136 heavy (non-hydrogen) atoms. The second-order valence-electron chi connectivity index (χ2n) is 36.9. The van der Waals surface area contributed by atoms with Crippen molar-refractivity contribution in [3.63, 3.8) is 0 Å². The van der Waals surface area contributed by atoms with Gasteiger partial charge in [0.2, 0.25) is 29.1 Å². The number of hydrogen-bond donors (Lipinski definition) is 0. The minimum Gasteiger partial charge on any atom is -0.253 e. The lowest BCUT2D eigenvalue weighted by Crippen LogP contribution is -2.30. The minimum atomic E-state index is 0.276. The van der Waals surface area contributed by atoms with Crippen LogP contribution >= 0.6 is 0 Å². The molecule has 21 rings (SSSR count). The van der Waals surface area contributed by atoms with Crippen LogP contribution in [0.25, 0.3) is 141 Å². The van der Waals surface area contributed by atoms with E-state index in [1.807, 2.05) is 54.7 Å². The van der Waals surface area contributed by atoms with Crippen molar-refractivity contribution >= 4 is 55.2 Å². The molecule has 10 heterocycles. The molecule has 0 N–H and O–H groups in total. The van der Waals surface area contributed by atoms with Crippen LogP contribution in [-0.2, 0) is 35.2 Å². The average Bonchev–Trinajstić information content (AvgIpc) is 1.61. The Bertz CT molecular complexity index is 7920. The number of benzene rings is 10. The lowest BCUT2D eigenvalue weighted by Gasteiger charge is -2.22. The van der Waals surface area contributed by atoms with Gasteiger partial charge in [-0.3, -0.25) is 15.0 Å². The van der Waals surface area contributed by atoms with E-state index >= 15 is 0 Å². The first-order valence-electron chi connectivity index (χ1n) is 47.5. The van der Waals surface area contributed by atoms with Gasteiger partial charge in [0.05, 0.1) is 109 Å².